The molecule has 4 heteroatoms. The Bertz CT molecular complexity index is 340. The van der Waals surface area contributed by atoms with Gasteiger partial charge in [0.25, 0.3) is 0 Å². The maximum absolute atomic E-state index is 10.5. The molecule has 0 amide bonds. The lowest BCUT2D eigenvalue weighted by atomic mass is 10.0. The second-order valence-corrected chi connectivity index (χ2v) is 3.73. The number of aromatic nitrogens is 2. The van der Waals surface area contributed by atoms with Crippen LogP contribution in [-0.2, 0) is 0 Å². The van der Waals surface area contributed by atoms with Crippen LogP contribution in [0.25, 0.3) is 0 Å². The predicted octanol–water partition coefficient (Wildman–Crippen LogP) is 0.708. The maximum Gasteiger partial charge on any atom is 0.168 e. The van der Waals surface area contributed by atoms with Crippen LogP contribution in [0.2, 0.25) is 0 Å². The van der Waals surface area contributed by atoms with Crippen molar-refractivity contribution in [3.05, 3.63) is 23.8 Å². The number of aldehydes is 1. The highest BCUT2D eigenvalue weighted by Crippen LogP contribution is 2.24. The van der Waals surface area contributed by atoms with Gasteiger partial charge in [-0.2, -0.15) is 0 Å². The zero-order valence-corrected chi connectivity index (χ0v) is 8.18. The van der Waals surface area contributed by atoms with Crippen molar-refractivity contribution in [3.63, 3.8) is 0 Å². The molecule has 0 saturated carbocycles. The van der Waals surface area contributed by atoms with Crippen molar-refractivity contribution in [2.24, 2.45) is 0 Å². The number of likely N-dealkylation sites (tertiary alicyclic amines) is 1. The van der Waals surface area contributed by atoms with Crippen LogP contribution in [-0.4, -0.2) is 41.3 Å². The first-order valence-corrected chi connectivity index (χ1v) is 4.75. The fraction of sp³-hybridized carbons (Fsp3) is 0.500. The van der Waals surface area contributed by atoms with E-state index in [9.17, 15) is 4.79 Å². The molecule has 1 aliphatic rings. The predicted molar refractivity (Wildman–Crippen MR) is 52.3 cm³/mol. The third-order valence-electron chi connectivity index (χ3n) is 2.64. The summed E-state index contributed by atoms with van der Waals surface area (Å²) >= 11 is 0. The zero-order valence-electron chi connectivity index (χ0n) is 8.18. The number of likely N-dealkylation sites (N-methyl/N-ethyl adjacent to an activating group) is 1. The van der Waals surface area contributed by atoms with Gasteiger partial charge >= 0.3 is 0 Å². The van der Waals surface area contributed by atoms with Crippen molar-refractivity contribution in [2.45, 2.75) is 12.3 Å². The van der Waals surface area contributed by atoms with E-state index in [4.69, 9.17) is 0 Å². The number of carbonyl (C=O) groups excluding carboxylic acids is 1. The van der Waals surface area contributed by atoms with Crippen molar-refractivity contribution < 1.29 is 4.79 Å². The lowest BCUT2D eigenvalue weighted by Crippen LogP contribution is -2.14. The molecule has 2 heterocycles. The fourth-order valence-corrected chi connectivity index (χ4v) is 1.85. The summed E-state index contributed by atoms with van der Waals surface area (Å²) in [6.07, 6.45) is 3.35. The summed E-state index contributed by atoms with van der Waals surface area (Å²) in [5.74, 6) is 0.460. The van der Waals surface area contributed by atoms with Gasteiger partial charge in [-0.25, -0.2) is 9.97 Å². The minimum absolute atomic E-state index is 0.460. The van der Waals surface area contributed by atoms with E-state index in [1.165, 1.54) is 6.33 Å². The van der Waals surface area contributed by atoms with E-state index in [1.54, 1.807) is 6.07 Å². The van der Waals surface area contributed by atoms with E-state index >= 15 is 0 Å². The van der Waals surface area contributed by atoms with Crippen molar-refractivity contribution in [1.29, 1.82) is 0 Å². The molecule has 14 heavy (non-hydrogen) atoms. The molecular weight excluding hydrogens is 178 g/mol. The Morgan fingerprint density at radius 2 is 2.43 bits per heavy atom. The van der Waals surface area contributed by atoms with E-state index in [-0.39, 0.29) is 0 Å². The zero-order chi connectivity index (χ0) is 9.97. The molecule has 0 bridgehead atoms. The van der Waals surface area contributed by atoms with Crippen LogP contribution in [0.1, 0.15) is 28.5 Å². The molecular formula is C10H13N3O. The van der Waals surface area contributed by atoms with Gasteiger partial charge < -0.3 is 4.90 Å². The molecule has 74 valence electrons. The second kappa shape index (κ2) is 3.84. The lowest BCUT2D eigenvalue weighted by molar-refractivity contribution is 0.111. The van der Waals surface area contributed by atoms with Gasteiger partial charge in [-0.15, -0.1) is 0 Å². The maximum atomic E-state index is 10.5. The van der Waals surface area contributed by atoms with Crippen LogP contribution < -0.4 is 0 Å². The van der Waals surface area contributed by atoms with Gasteiger partial charge in [0.05, 0.1) is 0 Å². The molecule has 1 aromatic heterocycles. The molecule has 1 aromatic rings. The van der Waals surface area contributed by atoms with Gasteiger partial charge in [-0.05, 0) is 26.1 Å². The Hall–Kier alpha value is -1.29. The summed E-state index contributed by atoms with van der Waals surface area (Å²) in [6.45, 7) is 2.13. The number of rotatable bonds is 2. The Morgan fingerprint density at radius 1 is 1.57 bits per heavy atom. The van der Waals surface area contributed by atoms with Crippen LogP contribution in [0.15, 0.2) is 12.4 Å². The van der Waals surface area contributed by atoms with Crippen LogP contribution >= 0.6 is 0 Å². The fourth-order valence-electron chi connectivity index (χ4n) is 1.85. The van der Waals surface area contributed by atoms with E-state index < -0.39 is 0 Å². The molecule has 0 aromatic carbocycles. The highest BCUT2D eigenvalue weighted by molar-refractivity contribution is 5.71. The summed E-state index contributed by atoms with van der Waals surface area (Å²) in [7, 11) is 2.10. The Labute approximate surface area is 83.0 Å². The molecule has 0 radical (unpaired) electrons. The van der Waals surface area contributed by atoms with Gasteiger partial charge in [0, 0.05) is 18.2 Å². The van der Waals surface area contributed by atoms with E-state index in [0.717, 1.165) is 31.5 Å². The van der Waals surface area contributed by atoms with Crippen LogP contribution in [0, 0.1) is 0 Å². The first-order valence-electron chi connectivity index (χ1n) is 4.75. The monoisotopic (exact) mass is 191 g/mol. The van der Waals surface area contributed by atoms with Gasteiger partial charge in [0.15, 0.2) is 6.29 Å². The molecule has 1 aliphatic heterocycles. The summed E-state index contributed by atoms with van der Waals surface area (Å²) in [5.41, 5.74) is 1.47. The molecule has 0 N–H and O–H groups in total. The molecule has 1 atom stereocenters. The molecule has 1 saturated heterocycles. The van der Waals surface area contributed by atoms with E-state index in [0.29, 0.717) is 11.6 Å². The summed E-state index contributed by atoms with van der Waals surface area (Å²) in [4.78, 5) is 20.9. The average Bonchev–Trinajstić information content (AvgIpc) is 2.65. The van der Waals surface area contributed by atoms with Crippen LogP contribution in [0.5, 0.6) is 0 Å². The van der Waals surface area contributed by atoms with Gasteiger partial charge in [-0.1, -0.05) is 0 Å². The van der Waals surface area contributed by atoms with Crippen molar-refractivity contribution in [2.75, 3.05) is 20.1 Å². The average molecular weight is 191 g/mol. The quantitative estimate of drug-likeness (QED) is 0.646. The van der Waals surface area contributed by atoms with Gasteiger partial charge in [-0.3, -0.25) is 4.79 Å². The van der Waals surface area contributed by atoms with Gasteiger partial charge in [0.1, 0.15) is 12.0 Å². The van der Waals surface area contributed by atoms with E-state index in [1.807, 2.05) is 0 Å². The van der Waals surface area contributed by atoms with Crippen molar-refractivity contribution >= 4 is 6.29 Å². The lowest BCUT2D eigenvalue weighted by Gasteiger charge is -2.09. The third-order valence-corrected chi connectivity index (χ3v) is 2.64. The van der Waals surface area contributed by atoms with Crippen molar-refractivity contribution in [1.82, 2.24) is 14.9 Å². The Kier molecular flexibility index (Phi) is 2.54. The first kappa shape index (κ1) is 9.27. The molecule has 2 rings (SSSR count). The molecule has 1 unspecified atom stereocenters. The molecule has 0 spiro atoms. The summed E-state index contributed by atoms with van der Waals surface area (Å²) < 4.78 is 0. The number of hydrogen-bond acceptors (Lipinski definition) is 4. The number of carbonyl (C=O) groups is 1. The third kappa shape index (κ3) is 1.80. The molecule has 0 aliphatic carbocycles. The normalized spacial score (nSPS) is 22.5. The minimum atomic E-state index is 0.460. The Morgan fingerprint density at radius 3 is 3.07 bits per heavy atom. The van der Waals surface area contributed by atoms with Crippen LogP contribution in [0.4, 0.5) is 0 Å². The topological polar surface area (TPSA) is 46.1 Å². The summed E-state index contributed by atoms with van der Waals surface area (Å²) in [5, 5.41) is 0. The standard InChI is InChI=1S/C10H13N3O/c1-13-3-2-8(5-13)10-4-9(6-14)11-7-12-10/h4,6-8H,2-3,5H2,1H3. The highest BCUT2D eigenvalue weighted by Gasteiger charge is 2.22. The molecule has 1 fully saturated rings. The molecule has 4 nitrogen and oxygen atoms in total. The number of nitrogens with zero attached hydrogens (tertiary/aromatic N) is 3. The SMILES string of the molecule is CN1CCC(c2cc(C=O)ncn2)C1. The largest absolute Gasteiger partial charge is 0.306 e. The van der Waals surface area contributed by atoms with Crippen LogP contribution in [0.3, 0.4) is 0 Å². The minimum Gasteiger partial charge on any atom is -0.306 e. The second-order valence-electron chi connectivity index (χ2n) is 3.73. The van der Waals surface area contributed by atoms with Gasteiger partial charge in [0.2, 0.25) is 0 Å². The number of hydrogen-bond donors (Lipinski definition) is 0. The van der Waals surface area contributed by atoms with Crippen molar-refractivity contribution in [3.8, 4) is 0 Å². The smallest absolute Gasteiger partial charge is 0.168 e. The highest BCUT2D eigenvalue weighted by atomic mass is 16.1. The first-order chi connectivity index (χ1) is 6.79. The van der Waals surface area contributed by atoms with E-state index in [2.05, 4.69) is 21.9 Å². The summed E-state index contributed by atoms with van der Waals surface area (Å²) in [6, 6.07) is 1.79. The Balaban J connectivity index is 2.19.